The lowest BCUT2D eigenvalue weighted by atomic mass is 10.2. The largest absolute Gasteiger partial charge is 0.444 e. The molecule has 5 nitrogen and oxygen atoms in total. The number of nitrogens with zero attached hydrogens (tertiary/aromatic N) is 2. The molecule has 108 valence electrons. The van der Waals surface area contributed by atoms with Crippen LogP contribution in [0.4, 0.5) is 4.79 Å². The molecular weight excluding hydrogens is 242 g/mol. The molecule has 5 heteroatoms. The lowest BCUT2D eigenvalue weighted by Crippen LogP contribution is -2.48. The zero-order chi connectivity index (χ0) is 13.9. The van der Waals surface area contributed by atoms with Gasteiger partial charge in [0.2, 0.25) is 0 Å². The summed E-state index contributed by atoms with van der Waals surface area (Å²) in [5.41, 5.74) is -0.440. The quantitative estimate of drug-likeness (QED) is 0.792. The molecule has 1 fully saturated rings. The molecule has 1 heterocycles. The zero-order valence-corrected chi connectivity index (χ0v) is 12.2. The van der Waals surface area contributed by atoms with Crippen LogP contribution in [-0.4, -0.2) is 48.1 Å². The molecule has 2 aliphatic rings. The van der Waals surface area contributed by atoms with Crippen LogP contribution in [0.3, 0.4) is 0 Å². The highest BCUT2D eigenvalue weighted by molar-refractivity contribution is 5.88. The van der Waals surface area contributed by atoms with Crippen molar-refractivity contribution in [1.29, 1.82) is 0 Å². The number of hydrogen-bond acceptors (Lipinski definition) is 4. The Balaban J connectivity index is 1.85. The number of amides is 1. The average Bonchev–Trinajstić information content (AvgIpc) is 2.80. The first-order chi connectivity index (χ1) is 8.94. The molecule has 2 rings (SSSR count). The third-order valence-corrected chi connectivity index (χ3v) is 3.39. The van der Waals surface area contributed by atoms with Gasteiger partial charge in [0.15, 0.2) is 0 Å². The van der Waals surface area contributed by atoms with Gasteiger partial charge in [-0.1, -0.05) is 12.8 Å². The van der Waals surface area contributed by atoms with Crippen LogP contribution in [0.2, 0.25) is 0 Å². The molecule has 19 heavy (non-hydrogen) atoms. The lowest BCUT2D eigenvalue weighted by molar-refractivity contribution is 0.0276. The molecule has 1 amide bonds. The van der Waals surface area contributed by atoms with E-state index < -0.39 is 5.60 Å². The Labute approximate surface area is 115 Å². The minimum Gasteiger partial charge on any atom is -0.444 e. The molecule has 1 N–H and O–H groups in total. The van der Waals surface area contributed by atoms with Crippen LogP contribution in [-0.2, 0) is 4.74 Å². The Hall–Kier alpha value is -1.26. The molecule has 0 atom stereocenters. The predicted molar refractivity (Wildman–Crippen MR) is 75.5 cm³/mol. The molecule has 0 aromatic rings. The van der Waals surface area contributed by atoms with Gasteiger partial charge in [0.1, 0.15) is 11.4 Å². The van der Waals surface area contributed by atoms with Crippen LogP contribution < -0.4 is 5.32 Å². The van der Waals surface area contributed by atoms with Crippen molar-refractivity contribution in [2.75, 3.05) is 19.6 Å². The topological polar surface area (TPSA) is 53.9 Å². The minimum atomic E-state index is -0.440. The van der Waals surface area contributed by atoms with Gasteiger partial charge in [-0.05, 0) is 33.6 Å². The Bertz CT molecular complexity index is 354. The van der Waals surface area contributed by atoms with Crippen LogP contribution in [0.1, 0.15) is 46.5 Å². The second-order valence-electron chi connectivity index (χ2n) is 6.36. The van der Waals surface area contributed by atoms with Crippen LogP contribution in [0.25, 0.3) is 0 Å². The maximum absolute atomic E-state index is 12.0. The third-order valence-electron chi connectivity index (χ3n) is 3.39. The number of carbonyl (C=O) groups excluding carboxylic acids is 1. The smallest absolute Gasteiger partial charge is 0.410 e. The summed E-state index contributed by atoms with van der Waals surface area (Å²) in [5.74, 6) is 0.934. The van der Waals surface area contributed by atoms with E-state index in [0.29, 0.717) is 25.7 Å². The van der Waals surface area contributed by atoms with E-state index in [1.54, 1.807) is 4.90 Å². The Morgan fingerprint density at radius 3 is 2.68 bits per heavy atom. The van der Waals surface area contributed by atoms with E-state index >= 15 is 0 Å². The normalized spacial score (nSPS) is 21.2. The van der Waals surface area contributed by atoms with Crippen molar-refractivity contribution in [2.24, 2.45) is 4.99 Å². The van der Waals surface area contributed by atoms with Gasteiger partial charge >= 0.3 is 6.09 Å². The van der Waals surface area contributed by atoms with Gasteiger partial charge in [0, 0.05) is 12.6 Å². The fourth-order valence-corrected chi connectivity index (χ4v) is 2.49. The third kappa shape index (κ3) is 4.40. The van der Waals surface area contributed by atoms with Crippen LogP contribution >= 0.6 is 0 Å². The van der Waals surface area contributed by atoms with Crippen LogP contribution in [0.15, 0.2) is 4.99 Å². The number of rotatable bonds is 1. The van der Waals surface area contributed by atoms with Crippen molar-refractivity contribution >= 4 is 11.9 Å². The molecule has 0 spiro atoms. The number of carbonyl (C=O) groups is 1. The van der Waals surface area contributed by atoms with Crippen LogP contribution in [0.5, 0.6) is 0 Å². The molecule has 1 aliphatic heterocycles. The maximum atomic E-state index is 12.0. The van der Waals surface area contributed by atoms with E-state index in [4.69, 9.17) is 4.74 Å². The fourth-order valence-electron chi connectivity index (χ4n) is 2.49. The molecule has 0 aromatic carbocycles. The molecule has 1 aliphatic carbocycles. The summed E-state index contributed by atoms with van der Waals surface area (Å²) in [7, 11) is 0. The van der Waals surface area contributed by atoms with Gasteiger partial charge in [0.25, 0.3) is 0 Å². The summed E-state index contributed by atoms with van der Waals surface area (Å²) < 4.78 is 5.40. The van der Waals surface area contributed by atoms with E-state index in [9.17, 15) is 4.79 Å². The first kappa shape index (κ1) is 14.2. The number of hydrogen-bond donors (Lipinski definition) is 1. The maximum Gasteiger partial charge on any atom is 0.410 e. The molecule has 0 radical (unpaired) electrons. The first-order valence-electron chi connectivity index (χ1n) is 7.22. The summed E-state index contributed by atoms with van der Waals surface area (Å²) >= 11 is 0. The van der Waals surface area contributed by atoms with Gasteiger partial charge in [-0.25, -0.2) is 4.79 Å². The minimum absolute atomic E-state index is 0.242. The van der Waals surface area contributed by atoms with E-state index in [-0.39, 0.29) is 6.09 Å². The van der Waals surface area contributed by atoms with E-state index in [0.717, 1.165) is 5.84 Å². The van der Waals surface area contributed by atoms with Gasteiger partial charge in [-0.3, -0.25) is 9.89 Å². The molecule has 0 bridgehead atoms. The van der Waals surface area contributed by atoms with Crippen molar-refractivity contribution in [1.82, 2.24) is 10.2 Å². The fraction of sp³-hybridized carbons (Fsp3) is 0.857. The highest BCUT2D eigenvalue weighted by Crippen LogP contribution is 2.18. The molecular formula is C14H25N3O2. The second-order valence-corrected chi connectivity index (χ2v) is 6.36. The summed E-state index contributed by atoms with van der Waals surface area (Å²) in [6.45, 7) is 7.52. The Morgan fingerprint density at radius 1 is 1.37 bits per heavy atom. The van der Waals surface area contributed by atoms with E-state index in [2.05, 4.69) is 10.3 Å². The SMILES string of the molecule is CC(C)(C)OC(=O)N1CCN=C(NC2CCCC2)C1. The van der Waals surface area contributed by atoms with Crippen molar-refractivity contribution < 1.29 is 9.53 Å². The van der Waals surface area contributed by atoms with Crippen molar-refractivity contribution in [2.45, 2.75) is 58.1 Å². The average molecular weight is 267 g/mol. The van der Waals surface area contributed by atoms with Gasteiger partial charge in [-0.2, -0.15) is 0 Å². The monoisotopic (exact) mass is 267 g/mol. The summed E-state index contributed by atoms with van der Waals surface area (Å²) in [6.07, 6.45) is 4.77. The van der Waals surface area contributed by atoms with Crippen molar-refractivity contribution in [3.63, 3.8) is 0 Å². The number of ether oxygens (including phenoxy) is 1. The number of amidine groups is 1. The standard InChI is InChI=1S/C14H25N3O2/c1-14(2,3)19-13(18)17-9-8-15-12(10-17)16-11-6-4-5-7-11/h11H,4-10H2,1-3H3,(H,15,16). The van der Waals surface area contributed by atoms with Crippen molar-refractivity contribution in [3.8, 4) is 0 Å². The van der Waals surface area contributed by atoms with Gasteiger partial charge < -0.3 is 10.1 Å². The zero-order valence-electron chi connectivity index (χ0n) is 12.2. The van der Waals surface area contributed by atoms with E-state index in [1.165, 1.54) is 25.7 Å². The van der Waals surface area contributed by atoms with E-state index in [1.807, 2.05) is 20.8 Å². The van der Waals surface area contributed by atoms with Crippen LogP contribution in [0, 0.1) is 0 Å². The first-order valence-corrected chi connectivity index (χ1v) is 7.22. The Morgan fingerprint density at radius 2 is 2.05 bits per heavy atom. The summed E-state index contributed by atoms with van der Waals surface area (Å²) in [4.78, 5) is 18.2. The van der Waals surface area contributed by atoms with Gasteiger partial charge in [-0.15, -0.1) is 0 Å². The number of aliphatic imine (C=N–C) groups is 1. The molecule has 0 unspecified atom stereocenters. The second kappa shape index (κ2) is 5.80. The molecule has 0 saturated heterocycles. The molecule has 0 aromatic heterocycles. The predicted octanol–water partition coefficient (Wildman–Crippen LogP) is 2.17. The highest BCUT2D eigenvalue weighted by atomic mass is 16.6. The van der Waals surface area contributed by atoms with Gasteiger partial charge in [0.05, 0.1) is 13.1 Å². The highest BCUT2D eigenvalue weighted by Gasteiger charge is 2.26. The summed E-state index contributed by atoms with van der Waals surface area (Å²) in [6, 6.07) is 0.539. The number of nitrogens with one attached hydrogen (secondary N) is 1. The van der Waals surface area contributed by atoms with Crippen molar-refractivity contribution in [3.05, 3.63) is 0 Å². The Kier molecular flexibility index (Phi) is 4.32. The lowest BCUT2D eigenvalue weighted by Gasteiger charge is -2.30. The summed E-state index contributed by atoms with van der Waals surface area (Å²) in [5, 5.41) is 3.47. The molecule has 1 saturated carbocycles.